The van der Waals surface area contributed by atoms with Gasteiger partial charge in [-0.05, 0) is 38.4 Å². The topological polar surface area (TPSA) is 68.4 Å². The fraction of sp³-hybridized carbons (Fsp3) is 0.571. The van der Waals surface area contributed by atoms with Gasteiger partial charge >= 0.3 is 0 Å². The number of likely N-dealkylation sites (tertiary alicyclic amines) is 1. The third-order valence-corrected chi connectivity index (χ3v) is 3.70. The Kier molecular flexibility index (Phi) is 4.04. The Balaban J connectivity index is 2.10. The molecule has 1 unspecified atom stereocenters. The van der Waals surface area contributed by atoms with Gasteiger partial charge < -0.3 is 10.5 Å². The molecule has 5 heteroatoms. The van der Waals surface area contributed by atoms with Crippen LogP contribution in [-0.2, 0) is 11.3 Å². The van der Waals surface area contributed by atoms with Gasteiger partial charge in [-0.3, -0.25) is 9.69 Å². The van der Waals surface area contributed by atoms with Gasteiger partial charge in [-0.15, -0.1) is 0 Å². The van der Waals surface area contributed by atoms with Crippen LogP contribution < -0.4 is 10.5 Å². The molecular formula is C14H21N3O2. The number of aryl methyl sites for hydroxylation is 2. The van der Waals surface area contributed by atoms with E-state index in [0.717, 1.165) is 42.9 Å². The first kappa shape index (κ1) is 13.8. The van der Waals surface area contributed by atoms with Gasteiger partial charge in [0.2, 0.25) is 11.8 Å². The molecule has 1 fully saturated rings. The van der Waals surface area contributed by atoms with Crippen molar-refractivity contribution in [1.82, 2.24) is 9.88 Å². The maximum Gasteiger partial charge on any atom is 0.221 e. The van der Waals surface area contributed by atoms with Crippen molar-refractivity contribution in [2.24, 2.45) is 11.7 Å². The summed E-state index contributed by atoms with van der Waals surface area (Å²) in [5.74, 6) is 0.451. The minimum absolute atomic E-state index is 0.0207. The van der Waals surface area contributed by atoms with E-state index in [2.05, 4.69) is 22.9 Å². The third-order valence-electron chi connectivity index (χ3n) is 3.70. The number of carbonyl (C=O) groups excluding carboxylic acids is 1. The highest BCUT2D eigenvalue weighted by atomic mass is 16.5. The highest BCUT2D eigenvalue weighted by molar-refractivity contribution is 5.77. The first-order chi connectivity index (χ1) is 9.01. The summed E-state index contributed by atoms with van der Waals surface area (Å²) in [4.78, 5) is 17.9. The maximum atomic E-state index is 11.2. The quantitative estimate of drug-likeness (QED) is 0.880. The van der Waals surface area contributed by atoms with E-state index in [1.807, 2.05) is 6.92 Å². The van der Waals surface area contributed by atoms with Crippen molar-refractivity contribution in [3.63, 3.8) is 0 Å². The molecule has 1 saturated heterocycles. The van der Waals surface area contributed by atoms with E-state index >= 15 is 0 Å². The van der Waals surface area contributed by atoms with Crippen molar-refractivity contribution < 1.29 is 9.53 Å². The zero-order chi connectivity index (χ0) is 14.0. The van der Waals surface area contributed by atoms with Crippen molar-refractivity contribution in [3.8, 4) is 5.88 Å². The van der Waals surface area contributed by atoms with Crippen LogP contribution in [0.1, 0.15) is 23.2 Å². The molecule has 0 aliphatic carbocycles. The van der Waals surface area contributed by atoms with E-state index in [0.29, 0.717) is 5.88 Å². The number of hydrogen-bond acceptors (Lipinski definition) is 4. The Bertz CT molecular complexity index is 488. The first-order valence-electron chi connectivity index (χ1n) is 6.54. The molecule has 1 aromatic rings. The molecule has 2 heterocycles. The van der Waals surface area contributed by atoms with Crippen LogP contribution in [0.3, 0.4) is 0 Å². The summed E-state index contributed by atoms with van der Waals surface area (Å²) < 4.78 is 5.26. The number of rotatable bonds is 4. The monoisotopic (exact) mass is 263 g/mol. The highest BCUT2D eigenvalue weighted by Gasteiger charge is 2.27. The molecule has 2 N–H and O–H groups in total. The fourth-order valence-electron chi connectivity index (χ4n) is 2.56. The molecule has 0 aromatic carbocycles. The summed E-state index contributed by atoms with van der Waals surface area (Å²) in [5, 5.41) is 0. The van der Waals surface area contributed by atoms with E-state index in [1.165, 1.54) is 0 Å². The normalized spacial score (nSPS) is 19.6. The first-order valence-corrected chi connectivity index (χ1v) is 6.54. The number of methoxy groups -OCH3 is 1. The van der Waals surface area contributed by atoms with Gasteiger partial charge in [0, 0.05) is 18.7 Å². The molecule has 0 bridgehead atoms. The Morgan fingerprint density at radius 2 is 2.26 bits per heavy atom. The molecule has 19 heavy (non-hydrogen) atoms. The van der Waals surface area contributed by atoms with E-state index in [9.17, 15) is 4.79 Å². The minimum Gasteiger partial charge on any atom is -0.481 e. The molecule has 1 aromatic heterocycles. The molecule has 0 spiro atoms. The summed E-state index contributed by atoms with van der Waals surface area (Å²) in [6.07, 6.45) is 0.845. The minimum atomic E-state index is -0.200. The van der Waals surface area contributed by atoms with E-state index in [1.54, 1.807) is 7.11 Å². The standard InChI is InChI=1S/C14H21N3O2/c1-9-6-10(2)14(19-3)16-12(9)8-17-5-4-11(7-17)13(15)18/h6,11H,4-5,7-8H2,1-3H3,(H2,15,18). The van der Waals surface area contributed by atoms with Crippen molar-refractivity contribution in [3.05, 3.63) is 22.9 Å². The molecule has 104 valence electrons. The van der Waals surface area contributed by atoms with Crippen molar-refractivity contribution >= 4 is 5.91 Å². The molecule has 0 saturated carbocycles. The second-order valence-electron chi connectivity index (χ2n) is 5.20. The number of primary amides is 1. The smallest absolute Gasteiger partial charge is 0.221 e. The van der Waals surface area contributed by atoms with E-state index in [-0.39, 0.29) is 11.8 Å². The lowest BCUT2D eigenvalue weighted by Crippen LogP contribution is -2.27. The predicted octanol–water partition coefficient (Wildman–Crippen LogP) is 1.01. The van der Waals surface area contributed by atoms with Crippen molar-refractivity contribution in [2.45, 2.75) is 26.8 Å². The average Bonchev–Trinajstić information content (AvgIpc) is 2.81. The molecule has 1 amide bonds. The Morgan fingerprint density at radius 1 is 1.53 bits per heavy atom. The van der Waals surface area contributed by atoms with Crippen molar-refractivity contribution in [1.29, 1.82) is 0 Å². The number of ether oxygens (including phenoxy) is 1. The van der Waals surface area contributed by atoms with Crippen LogP contribution in [-0.4, -0.2) is 36.0 Å². The molecule has 5 nitrogen and oxygen atoms in total. The molecule has 1 atom stereocenters. The van der Waals surface area contributed by atoms with Crippen LogP contribution in [0.15, 0.2) is 6.07 Å². The Hall–Kier alpha value is -1.62. The van der Waals surface area contributed by atoms with E-state index in [4.69, 9.17) is 10.5 Å². The van der Waals surface area contributed by atoms with Crippen LogP contribution in [0.4, 0.5) is 0 Å². The third kappa shape index (κ3) is 3.04. The van der Waals surface area contributed by atoms with Crippen LogP contribution in [0, 0.1) is 19.8 Å². The lowest BCUT2D eigenvalue weighted by Gasteiger charge is -2.17. The van der Waals surface area contributed by atoms with Crippen LogP contribution in [0.2, 0.25) is 0 Å². The Labute approximate surface area is 113 Å². The van der Waals surface area contributed by atoms with Gasteiger partial charge in [0.25, 0.3) is 0 Å². The number of carbonyl (C=O) groups is 1. The van der Waals surface area contributed by atoms with Gasteiger partial charge in [0.05, 0.1) is 18.7 Å². The lowest BCUT2D eigenvalue weighted by atomic mass is 10.1. The van der Waals surface area contributed by atoms with Crippen LogP contribution >= 0.6 is 0 Å². The molecule has 0 radical (unpaired) electrons. The SMILES string of the molecule is COc1nc(CN2CCC(C(N)=O)C2)c(C)cc1C. The summed E-state index contributed by atoms with van der Waals surface area (Å²) >= 11 is 0. The predicted molar refractivity (Wildman–Crippen MR) is 72.8 cm³/mol. The maximum absolute atomic E-state index is 11.2. The summed E-state index contributed by atoms with van der Waals surface area (Å²) in [6.45, 7) is 6.40. The number of aromatic nitrogens is 1. The zero-order valence-electron chi connectivity index (χ0n) is 11.8. The van der Waals surface area contributed by atoms with Crippen LogP contribution in [0.25, 0.3) is 0 Å². The average molecular weight is 263 g/mol. The summed E-state index contributed by atoms with van der Waals surface area (Å²) in [5.41, 5.74) is 8.55. The largest absolute Gasteiger partial charge is 0.481 e. The number of amides is 1. The molecule has 2 rings (SSSR count). The summed E-state index contributed by atoms with van der Waals surface area (Å²) in [7, 11) is 1.63. The Morgan fingerprint density at radius 3 is 2.84 bits per heavy atom. The second-order valence-corrected chi connectivity index (χ2v) is 5.20. The second kappa shape index (κ2) is 5.57. The van der Waals surface area contributed by atoms with Gasteiger partial charge in [-0.25, -0.2) is 4.98 Å². The van der Waals surface area contributed by atoms with Gasteiger partial charge in [0.1, 0.15) is 0 Å². The molecular weight excluding hydrogens is 242 g/mol. The zero-order valence-corrected chi connectivity index (χ0v) is 11.8. The fourth-order valence-corrected chi connectivity index (χ4v) is 2.56. The molecule has 1 aliphatic rings. The van der Waals surface area contributed by atoms with Gasteiger partial charge in [0.15, 0.2) is 0 Å². The van der Waals surface area contributed by atoms with Gasteiger partial charge in [-0.2, -0.15) is 0 Å². The molecule has 1 aliphatic heterocycles. The number of nitrogens with two attached hydrogens (primary N) is 1. The number of pyridine rings is 1. The number of nitrogens with zero attached hydrogens (tertiary/aromatic N) is 2. The van der Waals surface area contributed by atoms with Gasteiger partial charge in [-0.1, -0.05) is 0 Å². The number of hydrogen-bond donors (Lipinski definition) is 1. The highest BCUT2D eigenvalue weighted by Crippen LogP contribution is 2.22. The van der Waals surface area contributed by atoms with Crippen molar-refractivity contribution in [2.75, 3.05) is 20.2 Å². The van der Waals surface area contributed by atoms with Crippen LogP contribution in [0.5, 0.6) is 5.88 Å². The summed E-state index contributed by atoms with van der Waals surface area (Å²) in [6, 6.07) is 2.09. The van der Waals surface area contributed by atoms with E-state index < -0.39 is 0 Å². The lowest BCUT2D eigenvalue weighted by molar-refractivity contribution is -0.121.